The number of hydrogen-bond acceptors (Lipinski definition) is 3. The van der Waals surface area contributed by atoms with Gasteiger partial charge in [0.05, 0.1) is 6.10 Å². The number of nitrogens with zero attached hydrogens (tertiary/aromatic N) is 1. The summed E-state index contributed by atoms with van der Waals surface area (Å²) in [5, 5.41) is 0. The Morgan fingerprint density at radius 3 is 3.22 bits per heavy atom. The van der Waals surface area contributed by atoms with E-state index in [0.29, 0.717) is 11.6 Å². The predicted octanol–water partition coefficient (Wildman–Crippen LogP) is 3.00. The van der Waals surface area contributed by atoms with Crippen LogP contribution in [0.25, 0.3) is 0 Å². The van der Waals surface area contributed by atoms with E-state index in [-0.39, 0.29) is 18.7 Å². The fourth-order valence-corrected chi connectivity index (χ4v) is 3.17. The minimum absolute atomic E-state index is 0.0700. The largest absolute Gasteiger partial charge is 0.349 e. The van der Waals surface area contributed by atoms with Crippen LogP contribution in [0.15, 0.2) is 18.3 Å². The van der Waals surface area contributed by atoms with Gasteiger partial charge in [-0.15, -0.1) is 0 Å². The molecule has 0 radical (unpaired) electrons. The molecule has 3 unspecified atom stereocenters. The zero-order chi connectivity index (χ0) is 12.6. The molecule has 1 aromatic rings. The molecule has 1 aliphatic carbocycles. The Balaban J connectivity index is 2.03. The maximum absolute atomic E-state index is 14.0. The summed E-state index contributed by atoms with van der Waals surface area (Å²) in [7, 11) is 0. The molecule has 2 aliphatic rings. The second-order valence-corrected chi connectivity index (χ2v) is 5.37. The molecule has 0 amide bonds. The Bertz CT molecular complexity index is 440. The van der Waals surface area contributed by atoms with Crippen molar-refractivity contribution < 1.29 is 13.9 Å². The molecule has 2 heterocycles. The highest BCUT2D eigenvalue weighted by Crippen LogP contribution is 2.45. The van der Waals surface area contributed by atoms with Gasteiger partial charge in [-0.3, -0.25) is 4.98 Å². The first-order valence-corrected chi connectivity index (χ1v) is 6.59. The lowest BCUT2D eigenvalue weighted by molar-refractivity contribution is -0.0258. The smallest absolute Gasteiger partial charge is 0.148 e. The van der Waals surface area contributed by atoms with Crippen molar-refractivity contribution in [2.24, 2.45) is 5.92 Å². The standard InChI is InChI=1S/C14H18FNO2/c1-10-4-2-6-14(12(8-10)17-9-18-14)13-11(15)5-3-7-16-13/h3,5,7,10,12H,2,4,6,8-9H2,1H3. The molecule has 3 atom stereocenters. The van der Waals surface area contributed by atoms with Crippen LogP contribution in [0, 0.1) is 11.7 Å². The van der Waals surface area contributed by atoms with Crippen molar-refractivity contribution in [3.63, 3.8) is 0 Å². The summed E-state index contributed by atoms with van der Waals surface area (Å²) in [5.74, 6) is 0.299. The van der Waals surface area contributed by atoms with Crippen LogP contribution < -0.4 is 0 Å². The second kappa shape index (κ2) is 4.59. The molecule has 3 nitrogen and oxygen atoms in total. The zero-order valence-electron chi connectivity index (χ0n) is 10.6. The van der Waals surface area contributed by atoms with Gasteiger partial charge in [-0.1, -0.05) is 13.3 Å². The van der Waals surface area contributed by atoms with Gasteiger partial charge < -0.3 is 9.47 Å². The third kappa shape index (κ3) is 1.84. The number of ether oxygens (including phenoxy) is 2. The molecule has 3 rings (SSSR count). The fourth-order valence-electron chi connectivity index (χ4n) is 3.17. The number of aromatic nitrogens is 1. The van der Waals surface area contributed by atoms with Gasteiger partial charge in [0.1, 0.15) is 23.9 Å². The zero-order valence-corrected chi connectivity index (χ0v) is 10.6. The average molecular weight is 251 g/mol. The van der Waals surface area contributed by atoms with E-state index in [4.69, 9.17) is 9.47 Å². The van der Waals surface area contributed by atoms with E-state index in [0.717, 1.165) is 25.7 Å². The predicted molar refractivity (Wildman–Crippen MR) is 64.3 cm³/mol. The van der Waals surface area contributed by atoms with Gasteiger partial charge in [0.15, 0.2) is 0 Å². The molecule has 1 saturated carbocycles. The SMILES string of the molecule is CC1CCCC2(c3ncccc3F)OCOC2C1. The van der Waals surface area contributed by atoms with Crippen molar-refractivity contribution >= 4 is 0 Å². The number of pyridine rings is 1. The summed E-state index contributed by atoms with van der Waals surface area (Å²) in [6, 6.07) is 3.06. The normalized spacial score (nSPS) is 36.1. The van der Waals surface area contributed by atoms with Crippen LogP contribution in [0.2, 0.25) is 0 Å². The summed E-state index contributed by atoms with van der Waals surface area (Å²) in [6.07, 6.45) is 5.42. The van der Waals surface area contributed by atoms with Gasteiger partial charge in [0.2, 0.25) is 0 Å². The van der Waals surface area contributed by atoms with E-state index >= 15 is 0 Å². The van der Waals surface area contributed by atoms with Crippen LogP contribution in [-0.4, -0.2) is 17.9 Å². The molecule has 0 aromatic carbocycles. The van der Waals surface area contributed by atoms with Crippen LogP contribution in [0.4, 0.5) is 4.39 Å². The summed E-state index contributed by atoms with van der Waals surface area (Å²) >= 11 is 0. The van der Waals surface area contributed by atoms with Crippen LogP contribution in [-0.2, 0) is 15.1 Å². The second-order valence-electron chi connectivity index (χ2n) is 5.37. The fraction of sp³-hybridized carbons (Fsp3) is 0.643. The highest BCUT2D eigenvalue weighted by atomic mass is 19.1. The van der Waals surface area contributed by atoms with Crippen molar-refractivity contribution in [2.45, 2.75) is 44.3 Å². The Morgan fingerprint density at radius 2 is 2.39 bits per heavy atom. The molecule has 1 aromatic heterocycles. The minimum atomic E-state index is -0.671. The molecule has 18 heavy (non-hydrogen) atoms. The summed E-state index contributed by atoms with van der Waals surface area (Å²) in [5.41, 5.74) is -0.252. The van der Waals surface area contributed by atoms with Crippen LogP contribution in [0.3, 0.4) is 0 Å². The number of hydrogen-bond donors (Lipinski definition) is 0. The maximum atomic E-state index is 14.0. The lowest BCUT2D eigenvalue weighted by Gasteiger charge is -2.30. The molecule has 0 spiro atoms. The Hall–Kier alpha value is -1.00. The summed E-state index contributed by atoms with van der Waals surface area (Å²) < 4.78 is 25.5. The van der Waals surface area contributed by atoms with Crippen LogP contribution in [0.1, 0.15) is 38.3 Å². The first kappa shape index (κ1) is 12.1. The van der Waals surface area contributed by atoms with E-state index in [9.17, 15) is 4.39 Å². The quantitative estimate of drug-likeness (QED) is 0.769. The van der Waals surface area contributed by atoms with Crippen molar-refractivity contribution in [3.05, 3.63) is 29.8 Å². The van der Waals surface area contributed by atoms with E-state index in [1.165, 1.54) is 6.07 Å². The lowest BCUT2D eigenvalue weighted by atomic mass is 9.86. The first-order chi connectivity index (χ1) is 8.72. The topological polar surface area (TPSA) is 31.4 Å². The molecule has 98 valence electrons. The molecule has 4 heteroatoms. The van der Waals surface area contributed by atoms with Crippen LogP contribution in [0.5, 0.6) is 0 Å². The molecule has 1 saturated heterocycles. The van der Waals surface area contributed by atoms with Gasteiger partial charge in [-0.2, -0.15) is 0 Å². The van der Waals surface area contributed by atoms with E-state index < -0.39 is 5.60 Å². The van der Waals surface area contributed by atoms with Gasteiger partial charge >= 0.3 is 0 Å². The maximum Gasteiger partial charge on any atom is 0.148 e. The summed E-state index contributed by atoms with van der Waals surface area (Å²) in [4.78, 5) is 4.22. The third-order valence-corrected chi connectivity index (χ3v) is 4.13. The third-order valence-electron chi connectivity index (χ3n) is 4.13. The molecule has 2 fully saturated rings. The van der Waals surface area contributed by atoms with E-state index in [2.05, 4.69) is 11.9 Å². The van der Waals surface area contributed by atoms with Crippen molar-refractivity contribution in [2.75, 3.05) is 6.79 Å². The van der Waals surface area contributed by atoms with E-state index in [1.54, 1.807) is 12.3 Å². The van der Waals surface area contributed by atoms with Crippen molar-refractivity contribution in [1.82, 2.24) is 4.98 Å². The van der Waals surface area contributed by atoms with Gasteiger partial charge in [-0.25, -0.2) is 4.39 Å². The summed E-state index contributed by atoms with van der Waals surface area (Å²) in [6.45, 7) is 2.46. The molecular formula is C14H18FNO2. The molecular weight excluding hydrogens is 233 g/mol. The monoisotopic (exact) mass is 251 g/mol. The Labute approximate surface area is 106 Å². The number of fused-ring (bicyclic) bond motifs is 1. The van der Waals surface area contributed by atoms with Crippen LogP contribution >= 0.6 is 0 Å². The van der Waals surface area contributed by atoms with Gasteiger partial charge in [-0.05, 0) is 37.3 Å². The van der Waals surface area contributed by atoms with Crippen molar-refractivity contribution in [3.8, 4) is 0 Å². The van der Waals surface area contributed by atoms with Gasteiger partial charge in [0.25, 0.3) is 0 Å². The lowest BCUT2D eigenvalue weighted by Crippen LogP contribution is -2.38. The molecule has 0 bridgehead atoms. The molecule has 0 N–H and O–H groups in total. The molecule has 1 aliphatic heterocycles. The first-order valence-electron chi connectivity index (χ1n) is 6.59. The highest BCUT2D eigenvalue weighted by Gasteiger charge is 2.50. The van der Waals surface area contributed by atoms with E-state index in [1.807, 2.05) is 0 Å². The highest BCUT2D eigenvalue weighted by molar-refractivity contribution is 5.20. The minimum Gasteiger partial charge on any atom is -0.349 e. The number of halogens is 1. The number of rotatable bonds is 1. The average Bonchev–Trinajstić information content (AvgIpc) is 2.67. The van der Waals surface area contributed by atoms with Gasteiger partial charge in [0, 0.05) is 6.20 Å². The van der Waals surface area contributed by atoms with Crippen molar-refractivity contribution in [1.29, 1.82) is 0 Å². The Morgan fingerprint density at radius 1 is 1.50 bits per heavy atom. The Kier molecular flexibility index (Phi) is 3.08.